The molecule has 0 saturated carbocycles. The van der Waals surface area contributed by atoms with Gasteiger partial charge in [0.05, 0.1) is 29.9 Å². The molecule has 4 N–H and O–H groups in total. The van der Waals surface area contributed by atoms with Crippen LogP contribution in [0.25, 0.3) is 11.1 Å². The number of unbranched alkanes of at least 4 members (excludes halogenated alkanes) is 2. The zero-order valence-corrected chi connectivity index (χ0v) is 36.7. The largest absolute Gasteiger partial charge is 0.384 e. The van der Waals surface area contributed by atoms with Crippen molar-refractivity contribution in [2.45, 2.75) is 95.8 Å². The Balaban J connectivity index is 0.804. The monoisotopic (exact) mass is 909 g/mol. The number of carbonyl (C=O) groups excluding carboxylic acids is 6. The summed E-state index contributed by atoms with van der Waals surface area (Å²) in [6.45, 7) is 3.58. The van der Waals surface area contributed by atoms with E-state index in [1.807, 2.05) is 11.0 Å². The maximum atomic E-state index is 15.0. The molecule has 66 heavy (non-hydrogen) atoms. The molecule has 2 fully saturated rings. The molecule has 20 heteroatoms. The van der Waals surface area contributed by atoms with Crippen LogP contribution in [0.2, 0.25) is 0 Å². The molecule has 2 aromatic heterocycles. The number of fused-ring (bicyclic) bond motifs is 3. The Morgan fingerprint density at radius 1 is 0.955 bits per heavy atom. The van der Waals surface area contributed by atoms with Gasteiger partial charge in [0.2, 0.25) is 17.7 Å². The smallest absolute Gasteiger partial charge is 0.317 e. The number of anilines is 3. The summed E-state index contributed by atoms with van der Waals surface area (Å²) in [6.07, 6.45) is 6.30. The Morgan fingerprint density at radius 3 is 2.56 bits per heavy atom. The summed E-state index contributed by atoms with van der Waals surface area (Å²) in [5.41, 5.74) is 5.17. The van der Waals surface area contributed by atoms with Crippen LogP contribution in [-0.4, -0.2) is 117 Å². The number of hydrogen-bond acceptors (Lipinski definition) is 11. The van der Waals surface area contributed by atoms with Crippen LogP contribution in [0.15, 0.2) is 42.7 Å². The van der Waals surface area contributed by atoms with Gasteiger partial charge >= 0.3 is 6.03 Å². The molecule has 4 aromatic rings. The summed E-state index contributed by atoms with van der Waals surface area (Å²) in [5, 5.41) is 20.6. The first-order valence-corrected chi connectivity index (χ1v) is 22.8. The number of benzene rings is 2. The third kappa shape index (κ3) is 8.72. The molecule has 1 atom stereocenters. The van der Waals surface area contributed by atoms with E-state index in [-0.39, 0.29) is 54.1 Å². The number of urea groups is 1. The molecule has 0 spiro atoms. The minimum atomic E-state index is -2.79. The third-order valence-electron chi connectivity index (χ3n) is 13.2. The topological polar surface area (TPSA) is 205 Å². The van der Waals surface area contributed by atoms with Crippen molar-refractivity contribution in [2.75, 3.05) is 56.7 Å². The SMILES string of the molecule is CNC(=O)N1CCc2c(c(N3CCCc4cc(-c5cnn(CC(=O)NCCCCCNc6cccc7c6C(=O)N(C6CCC(=O)NC6=O)C7=O)c5)c(C(F)F)cc43)nn2C2CCOCC2)C1. The molecule has 348 valence electrons. The molecule has 2 saturated heterocycles. The molecule has 7 heterocycles. The van der Waals surface area contributed by atoms with Gasteiger partial charge < -0.3 is 30.5 Å². The van der Waals surface area contributed by atoms with Gasteiger partial charge in [-0.05, 0) is 86.8 Å². The van der Waals surface area contributed by atoms with E-state index >= 15 is 8.78 Å². The highest BCUT2D eigenvalue weighted by atomic mass is 19.3. The van der Waals surface area contributed by atoms with Crippen molar-refractivity contribution in [3.8, 4) is 11.1 Å². The number of carbonyl (C=O) groups is 6. The summed E-state index contributed by atoms with van der Waals surface area (Å²) in [5.74, 6) is -1.83. The predicted molar refractivity (Wildman–Crippen MR) is 236 cm³/mol. The number of piperidine rings is 1. The van der Waals surface area contributed by atoms with Gasteiger partial charge in [-0.15, -0.1) is 0 Å². The molecule has 2 aromatic carbocycles. The lowest BCUT2D eigenvalue weighted by molar-refractivity contribution is -0.136. The van der Waals surface area contributed by atoms with Crippen LogP contribution in [0, 0.1) is 0 Å². The highest BCUT2D eigenvalue weighted by Crippen LogP contribution is 2.44. The van der Waals surface area contributed by atoms with Crippen molar-refractivity contribution in [3.63, 3.8) is 0 Å². The molecule has 18 nitrogen and oxygen atoms in total. The van der Waals surface area contributed by atoms with Crippen molar-refractivity contribution in [2.24, 2.45) is 0 Å². The fraction of sp³-hybridized carbons (Fsp3) is 0.478. The Labute approximate surface area is 379 Å². The van der Waals surface area contributed by atoms with Crippen LogP contribution in [0.3, 0.4) is 0 Å². The molecule has 5 aliphatic heterocycles. The summed E-state index contributed by atoms with van der Waals surface area (Å²) < 4.78 is 39.2. The van der Waals surface area contributed by atoms with Gasteiger partial charge in [0.25, 0.3) is 18.2 Å². The van der Waals surface area contributed by atoms with Gasteiger partial charge in [-0.25, -0.2) is 13.6 Å². The lowest BCUT2D eigenvalue weighted by Crippen LogP contribution is -2.54. The average molecular weight is 910 g/mol. The molecule has 0 aliphatic carbocycles. The standard InChI is InChI=1S/C46H53F2N11O7/c1-49-46(65)55-18-12-35-33(25-55)42(54-59(35)29-13-19-66-20-14-29)57-17-6-7-27-21-31(32(41(47)48)22-37(27)57)28-23-52-56(24-28)26-39(61)51-16-4-2-3-15-50-34-9-5-8-30-40(34)45(64)58(44(30)63)36-10-11-38(60)53-43(36)62/h5,8-9,21-24,29,36,41,50H,2-4,6-7,10-20,25-26H2,1H3,(H,49,65)(H,51,61)(H,53,60,62). The van der Waals surface area contributed by atoms with Gasteiger partial charge in [-0.1, -0.05) is 6.07 Å². The van der Waals surface area contributed by atoms with E-state index in [1.165, 1.54) is 10.9 Å². The minimum Gasteiger partial charge on any atom is -0.384 e. The van der Waals surface area contributed by atoms with Crippen LogP contribution in [-0.2, 0) is 45.1 Å². The van der Waals surface area contributed by atoms with Crippen LogP contribution in [0.5, 0.6) is 0 Å². The van der Waals surface area contributed by atoms with Crippen molar-refractivity contribution in [3.05, 3.63) is 76.2 Å². The number of hydrogen-bond donors (Lipinski definition) is 4. The second-order valence-electron chi connectivity index (χ2n) is 17.3. The number of amides is 7. The van der Waals surface area contributed by atoms with E-state index in [4.69, 9.17) is 9.84 Å². The zero-order valence-electron chi connectivity index (χ0n) is 36.7. The normalized spacial score (nSPS) is 18.6. The van der Waals surface area contributed by atoms with E-state index in [0.717, 1.165) is 47.4 Å². The van der Waals surface area contributed by atoms with Crippen LogP contribution in [0.1, 0.15) is 107 Å². The van der Waals surface area contributed by atoms with Gasteiger partial charge in [0.15, 0.2) is 5.82 Å². The lowest BCUT2D eigenvalue weighted by atomic mass is 9.92. The van der Waals surface area contributed by atoms with Gasteiger partial charge in [0, 0.05) is 99.2 Å². The highest BCUT2D eigenvalue weighted by Gasteiger charge is 2.45. The Bertz CT molecular complexity index is 2570. The number of ether oxygens (including phenoxy) is 1. The van der Waals surface area contributed by atoms with Crippen molar-refractivity contribution in [1.82, 2.24) is 45.3 Å². The van der Waals surface area contributed by atoms with E-state index in [9.17, 15) is 28.8 Å². The third-order valence-corrected chi connectivity index (χ3v) is 13.2. The number of nitrogens with one attached hydrogen (secondary N) is 4. The molecule has 7 amide bonds. The number of halogens is 2. The van der Waals surface area contributed by atoms with Crippen LogP contribution in [0.4, 0.5) is 30.8 Å². The second kappa shape index (κ2) is 19.0. The molecule has 0 radical (unpaired) electrons. The first-order valence-electron chi connectivity index (χ1n) is 22.8. The molecule has 5 aliphatic rings. The second-order valence-corrected chi connectivity index (χ2v) is 17.3. The van der Waals surface area contributed by atoms with Crippen LogP contribution < -0.4 is 26.2 Å². The van der Waals surface area contributed by atoms with E-state index in [2.05, 4.69) is 31.0 Å². The first kappa shape index (κ1) is 44.5. The van der Waals surface area contributed by atoms with E-state index < -0.39 is 36.1 Å². The number of aromatic nitrogens is 4. The highest BCUT2D eigenvalue weighted by molar-refractivity contribution is 6.25. The number of nitrogens with zero attached hydrogens (tertiary/aromatic N) is 7. The zero-order chi connectivity index (χ0) is 46.1. The number of alkyl halides is 2. The number of aryl methyl sites for hydroxylation is 1. The van der Waals surface area contributed by atoms with Crippen molar-refractivity contribution in [1.29, 1.82) is 0 Å². The van der Waals surface area contributed by atoms with Gasteiger partial charge in [-0.2, -0.15) is 10.2 Å². The Morgan fingerprint density at radius 2 is 1.77 bits per heavy atom. The molecule has 9 rings (SSSR count). The molecule has 1 unspecified atom stereocenters. The Hall–Kier alpha value is -6.70. The van der Waals surface area contributed by atoms with Gasteiger partial charge in [-0.3, -0.25) is 43.6 Å². The Kier molecular flexibility index (Phi) is 12.8. The summed E-state index contributed by atoms with van der Waals surface area (Å²) in [7, 11) is 1.61. The molecular weight excluding hydrogens is 857 g/mol. The molecular formula is C46H53F2N11O7. The average Bonchev–Trinajstić information content (AvgIpc) is 4.02. The summed E-state index contributed by atoms with van der Waals surface area (Å²) in [4.78, 5) is 81.0. The maximum absolute atomic E-state index is 15.0. The number of imide groups is 2. The van der Waals surface area contributed by atoms with E-state index in [0.29, 0.717) is 99.9 Å². The fourth-order valence-electron chi connectivity index (χ4n) is 9.84. The first-order chi connectivity index (χ1) is 32.0. The fourth-order valence-corrected chi connectivity index (χ4v) is 9.84. The van der Waals surface area contributed by atoms with Crippen molar-refractivity contribution >= 4 is 52.8 Å². The van der Waals surface area contributed by atoms with Gasteiger partial charge in [0.1, 0.15) is 12.6 Å². The number of rotatable bonds is 14. The van der Waals surface area contributed by atoms with Crippen molar-refractivity contribution < 1.29 is 42.3 Å². The lowest BCUT2D eigenvalue weighted by Gasteiger charge is -2.33. The van der Waals surface area contributed by atoms with E-state index in [1.54, 1.807) is 42.4 Å². The maximum Gasteiger partial charge on any atom is 0.317 e. The summed E-state index contributed by atoms with van der Waals surface area (Å²) >= 11 is 0. The predicted octanol–water partition coefficient (Wildman–Crippen LogP) is 4.62. The summed E-state index contributed by atoms with van der Waals surface area (Å²) in [6, 6.07) is 7.23. The molecule has 0 bridgehead atoms. The minimum absolute atomic E-state index is 0.0401. The quantitative estimate of drug-likeness (QED) is 0.102. The van der Waals surface area contributed by atoms with Crippen LogP contribution >= 0.6 is 0 Å².